The maximum Gasteiger partial charge on any atom is 0.450 e. The third-order valence-electron chi connectivity index (χ3n) is 7.71. The van der Waals surface area contributed by atoms with E-state index in [-0.39, 0.29) is 29.7 Å². The second-order valence-corrected chi connectivity index (χ2v) is 10.5. The SMILES string of the molecule is COC(=O)C1CCC2(CC(c3cc(-n4ccnc4C(F)(F)F)ccc3OC(C)C)CO2)C1c1ccc(F)cc1. The first kappa shape index (κ1) is 27.2. The predicted octanol–water partition coefficient (Wildman–Crippen LogP) is 6.43. The van der Waals surface area contributed by atoms with E-state index < -0.39 is 23.5 Å². The number of halogens is 4. The summed E-state index contributed by atoms with van der Waals surface area (Å²) in [7, 11) is 1.35. The fourth-order valence-electron chi connectivity index (χ4n) is 6.18. The van der Waals surface area contributed by atoms with Crippen molar-refractivity contribution in [1.82, 2.24) is 9.55 Å². The summed E-state index contributed by atoms with van der Waals surface area (Å²) >= 11 is 0. The lowest BCUT2D eigenvalue weighted by Crippen LogP contribution is -2.35. The van der Waals surface area contributed by atoms with Crippen molar-refractivity contribution in [3.05, 3.63) is 77.6 Å². The van der Waals surface area contributed by atoms with Gasteiger partial charge in [0, 0.05) is 35.5 Å². The average Bonchev–Trinajstić information content (AvgIpc) is 3.63. The molecule has 5 rings (SSSR count). The van der Waals surface area contributed by atoms with Gasteiger partial charge in [0.15, 0.2) is 0 Å². The van der Waals surface area contributed by atoms with Crippen molar-refractivity contribution in [3.63, 3.8) is 0 Å². The quantitative estimate of drug-likeness (QED) is 0.264. The standard InChI is InChI=1S/C29H30F4N2O4/c1-17(2)39-24-9-8-21(35-13-12-34-27(35)29(31,32)33)14-23(24)19-15-28(38-16-19)11-10-22(26(36)37-3)25(28)18-4-6-20(30)7-5-18/h4-9,12-14,17,19,22,25H,10-11,15-16H2,1-3H3. The molecule has 1 aromatic heterocycles. The molecule has 39 heavy (non-hydrogen) atoms. The molecule has 1 aliphatic carbocycles. The summed E-state index contributed by atoms with van der Waals surface area (Å²) in [6.45, 7) is 4.05. The summed E-state index contributed by atoms with van der Waals surface area (Å²) in [5, 5.41) is 0. The van der Waals surface area contributed by atoms with Gasteiger partial charge < -0.3 is 14.2 Å². The molecule has 2 aromatic carbocycles. The Morgan fingerprint density at radius 2 is 1.92 bits per heavy atom. The molecule has 10 heteroatoms. The number of esters is 1. The van der Waals surface area contributed by atoms with E-state index in [0.717, 1.165) is 21.9 Å². The second kappa shape index (κ2) is 10.3. The summed E-state index contributed by atoms with van der Waals surface area (Å²) in [6, 6.07) is 11.0. The van der Waals surface area contributed by atoms with E-state index in [2.05, 4.69) is 4.98 Å². The summed E-state index contributed by atoms with van der Waals surface area (Å²) in [6.07, 6.45) is -0.741. The van der Waals surface area contributed by atoms with Crippen LogP contribution in [0.5, 0.6) is 5.75 Å². The fourth-order valence-corrected chi connectivity index (χ4v) is 6.18. The molecule has 4 atom stereocenters. The Balaban J connectivity index is 1.54. The number of methoxy groups -OCH3 is 1. The highest BCUT2D eigenvalue weighted by Crippen LogP contribution is 2.57. The van der Waals surface area contributed by atoms with E-state index in [1.54, 1.807) is 30.3 Å². The van der Waals surface area contributed by atoms with Gasteiger partial charge in [-0.3, -0.25) is 9.36 Å². The highest BCUT2D eigenvalue weighted by Gasteiger charge is 2.56. The Labute approximate surface area is 223 Å². The number of carbonyl (C=O) groups excluding carboxylic acids is 1. The molecule has 0 radical (unpaired) electrons. The number of carbonyl (C=O) groups is 1. The third kappa shape index (κ3) is 5.14. The van der Waals surface area contributed by atoms with Gasteiger partial charge in [-0.05, 0) is 69.0 Å². The minimum absolute atomic E-state index is 0.160. The summed E-state index contributed by atoms with van der Waals surface area (Å²) in [4.78, 5) is 16.3. The van der Waals surface area contributed by atoms with Crippen LogP contribution in [0, 0.1) is 11.7 Å². The van der Waals surface area contributed by atoms with Crippen molar-refractivity contribution in [2.24, 2.45) is 5.92 Å². The Morgan fingerprint density at radius 3 is 2.59 bits per heavy atom. The average molecular weight is 547 g/mol. The van der Waals surface area contributed by atoms with Gasteiger partial charge in [0.1, 0.15) is 11.6 Å². The van der Waals surface area contributed by atoms with Crippen LogP contribution in [0.3, 0.4) is 0 Å². The summed E-state index contributed by atoms with van der Waals surface area (Å²) < 4.78 is 73.2. The maximum absolute atomic E-state index is 13.7. The summed E-state index contributed by atoms with van der Waals surface area (Å²) in [5.74, 6) is -2.21. The molecular formula is C29H30F4N2O4. The van der Waals surface area contributed by atoms with Crippen LogP contribution in [-0.2, 0) is 20.4 Å². The number of aromatic nitrogens is 2. The van der Waals surface area contributed by atoms with E-state index in [9.17, 15) is 22.4 Å². The van der Waals surface area contributed by atoms with Gasteiger partial charge in [-0.25, -0.2) is 9.37 Å². The first-order chi connectivity index (χ1) is 18.5. The lowest BCUT2D eigenvalue weighted by Gasteiger charge is -2.33. The van der Waals surface area contributed by atoms with E-state index in [1.165, 1.54) is 25.4 Å². The number of imidazole rings is 1. The van der Waals surface area contributed by atoms with Crippen LogP contribution in [0.2, 0.25) is 0 Å². The molecule has 1 saturated heterocycles. The minimum Gasteiger partial charge on any atom is -0.491 e. The molecule has 2 fully saturated rings. The molecule has 0 N–H and O–H groups in total. The van der Waals surface area contributed by atoms with E-state index >= 15 is 0 Å². The Bertz CT molecular complexity index is 1340. The first-order valence-corrected chi connectivity index (χ1v) is 12.9. The van der Waals surface area contributed by atoms with Crippen LogP contribution in [0.25, 0.3) is 5.69 Å². The van der Waals surface area contributed by atoms with E-state index in [1.807, 2.05) is 13.8 Å². The largest absolute Gasteiger partial charge is 0.491 e. The fraction of sp³-hybridized carbons (Fsp3) is 0.448. The minimum atomic E-state index is -4.62. The molecule has 2 heterocycles. The Hall–Kier alpha value is -3.40. The molecule has 208 valence electrons. The zero-order chi connectivity index (χ0) is 27.9. The molecule has 0 amide bonds. The van der Waals surface area contributed by atoms with Gasteiger partial charge >= 0.3 is 12.1 Å². The Morgan fingerprint density at radius 1 is 1.18 bits per heavy atom. The zero-order valence-corrected chi connectivity index (χ0v) is 21.9. The number of nitrogens with zero attached hydrogens (tertiary/aromatic N) is 2. The van der Waals surface area contributed by atoms with Gasteiger partial charge in [0.2, 0.25) is 5.82 Å². The lowest BCUT2D eigenvalue weighted by atomic mass is 9.76. The van der Waals surface area contributed by atoms with Crippen LogP contribution in [0.4, 0.5) is 17.6 Å². The molecule has 0 bridgehead atoms. The van der Waals surface area contributed by atoms with Crippen LogP contribution in [0.15, 0.2) is 54.9 Å². The van der Waals surface area contributed by atoms with Gasteiger partial charge in [0.05, 0.1) is 31.3 Å². The van der Waals surface area contributed by atoms with E-state index in [0.29, 0.717) is 37.3 Å². The molecule has 1 spiro atoms. The van der Waals surface area contributed by atoms with Crippen molar-refractivity contribution < 1.29 is 36.6 Å². The number of rotatable bonds is 6. The van der Waals surface area contributed by atoms with Crippen molar-refractivity contribution in [3.8, 4) is 11.4 Å². The predicted molar refractivity (Wildman–Crippen MR) is 134 cm³/mol. The Kier molecular flexibility index (Phi) is 7.17. The van der Waals surface area contributed by atoms with Crippen LogP contribution < -0.4 is 4.74 Å². The number of hydrogen-bond acceptors (Lipinski definition) is 5. The zero-order valence-electron chi connectivity index (χ0n) is 21.9. The molecule has 3 aromatic rings. The third-order valence-corrected chi connectivity index (χ3v) is 7.71. The van der Waals surface area contributed by atoms with Crippen molar-refractivity contribution >= 4 is 5.97 Å². The van der Waals surface area contributed by atoms with Crippen LogP contribution >= 0.6 is 0 Å². The van der Waals surface area contributed by atoms with Gasteiger partial charge in [-0.15, -0.1) is 0 Å². The van der Waals surface area contributed by atoms with Gasteiger partial charge in [0.25, 0.3) is 0 Å². The highest BCUT2D eigenvalue weighted by atomic mass is 19.4. The number of alkyl halides is 3. The second-order valence-electron chi connectivity index (χ2n) is 10.5. The van der Waals surface area contributed by atoms with Crippen molar-refractivity contribution in [2.45, 2.75) is 62.8 Å². The van der Waals surface area contributed by atoms with Crippen molar-refractivity contribution in [2.75, 3.05) is 13.7 Å². The first-order valence-electron chi connectivity index (χ1n) is 12.9. The smallest absolute Gasteiger partial charge is 0.450 e. The highest BCUT2D eigenvalue weighted by molar-refractivity contribution is 5.74. The molecule has 1 aliphatic heterocycles. The van der Waals surface area contributed by atoms with Gasteiger partial charge in [-0.1, -0.05) is 12.1 Å². The topological polar surface area (TPSA) is 62.6 Å². The van der Waals surface area contributed by atoms with E-state index in [4.69, 9.17) is 14.2 Å². The molecular weight excluding hydrogens is 516 g/mol. The molecule has 6 nitrogen and oxygen atoms in total. The molecule has 1 saturated carbocycles. The maximum atomic E-state index is 13.7. The monoisotopic (exact) mass is 546 g/mol. The molecule has 2 aliphatic rings. The number of benzene rings is 2. The van der Waals surface area contributed by atoms with Crippen molar-refractivity contribution in [1.29, 1.82) is 0 Å². The molecule has 4 unspecified atom stereocenters. The summed E-state index contributed by atoms with van der Waals surface area (Å²) in [5.41, 5.74) is 1.09. The normalized spacial score (nSPS) is 25.0. The lowest BCUT2D eigenvalue weighted by molar-refractivity contribution is -0.147. The van der Waals surface area contributed by atoms with Gasteiger partial charge in [-0.2, -0.15) is 13.2 Å². The number of hydrogen-bond donors (Lipinski definition) is 0. The van der Waals surface area contributed by atoms with Crippen LogP contribution in [-0.4, -0.2) is 40.9 Å². The number of ether oxygens (including phenoxy) is 3. The van der Waals surface area contributed by atoms with Crippen LogP contribution in [0.1, 0.15) is 61.9 Å².